The number of aromatic nitrogens is 2. The second kappa shape index (κ2) is 6.34. The summed E-state index contributed by atoms with van der Waals surface area (Å²) in [4.78, 5) is 8.62. The summed E-state index contributed by atoms with van der Waals surface area (Å²) in [6.07, 6.45) is 1.74. The molecule has 4 nitrogen and oxygen atoms in total. The molecule has 2 rings (SSSR count). The number of aryl methyl sites for hydroxylation is 1. The van der Waals surface area contributed by atoms with Crippen LogP contribution in [0.4, 0.5) is 17.5 Å². The summed E-state index contributed by atoms with van der Waals surface area (Å²) in [6.45, 7) is 4.85. The first-order valence-corrected chi connectivity index (χ1v) is 7.48. The number of nitrogens with one attached hydrogen (secondary N) is 2. The van der Waals surface area contributed by atoms with Crippen molar-refractivity contribution in [1.29, 1.82) is 0 Å². The third kappa shape index (κ3) is 3.67. The van der Waals surface area contributed by atoms with Crippen molar-refractivity contribution in [1.82, 2.24) is 9.97 Å². The zero-order valence-corrected chi connectivity index (χ0v) is 13.8. The summed E-state index contributed by atoms with van der Waals surface area (Å²) >= 11 is 6.93. The Kier molecular flexibility index (Phi) is 4.76. The van der Waals surface area contributed by atoms with Crippen molar-refractivity contribution in [3.05, 3.63) is 38.9 Å². The Hall–Kier alpha value is -1.14. The van der Waals surface area contributed by atoms with E-state index in [1.54, 1.807) is 6.20 Å². The Labute approximate surface area is 129 Å². The van der Waals surface area contributed by atoms with Gasteiger partial charge >= 0.3 is 0 Å². The number of hydrogen-bond acceptors (Lipinski definition) is 4. The lowest BCUT2D eigenvalue weighted by Gasteiger charge is -2.12. The molecule has 0 atom stereocenters. The molecular formula is C13H14Br2N4. The topological polar surface area (TPSA) is 49.8 Å². The molecule has 1 heterocycles. The van der Waals surface area contributed by atoms with Crippen LogP contribution >= 0.6 is 31.9 Å². The summed E-state index contributed by atoms with van der Waals surface area (Å²) in [5.74, 6) is 1.35. The summed E-state index contributed by atoms with van der Waals surface area (Å²) in [5, 5.41) is 6.41. The Morgan fingerprint density at radius 2 is 2.05 bits per heavy atom. The smallest absolute Gasteiger partial charge is 0.224 e. The van der Waals surface area contributed by atoms with Gasteiger partial charge in [0.2, 0.25) is 5.95 Å². The van der Waals surface area contributed by atoms with E-state index >= 15 is 0 Å². The van der Waals surface area contributed by atoms with Gasteiger partial charge in [-0.15, -0.1) is 0 Å². The quantitative estimate of drug-likeness (QED) is 0.814. The van der Waals surface area contributed by atoms with Crippen LogP contribution in [0, 0.1) is 6.92 Å². The van der Waals surface area contributed by atoms with Gasteiger partial charge in [0.15, 0.2) is 0 Å². The fourth-order valence-corrected chi connectivity index (χ4v) is 2.21. The highest BCUT2D eigenvalue weighted by Gasteiger charge is 2.07. The molecule has 2 N–H and O–H groups in total. The van der Waals surface area contributed by atoms with Gasteiger partial charge < -0.3 is 10.6 Å². The van der Waals surface area contributed by atoms with E-state index < -0.39 is 0 Å². The molecule has 0 radical (unpaired) electrons. The number of nitrogens with zero attached hydrogens (tertiary/aromatic N) is 2. The second-order valence-corrected chi connectivity index (χ2v) is 5.77. The molecule has 6 heteroatoms. The molecule has 0 fully saturated rings. The van der Waals surface area contributed by atoms with Gasteiger partial charge in [0.25, 0.3) is 0 Å². The Balaban J connectivity index is 2.31. The van der Waals surface area contributed by atoms with Crippen molar-refractivity contribution in [3.63, 3.8) is 0 Å². The normalized spacial score (nSPS) is 10.3. The maximum atomic E-state index is 4.43. The van der Waals surface area contributed by atoms with E-state index in [9.17, 15) is 0 Å². The molecule has 0 amide bonds. The second-order valence-electron chi connectivity index (χ2n) is 4.00. The van der Waals surface area contributed by atoms with Gasteiger partial charge in [-0.3, -0.25) is 0 Å². The number of rotatable bonds is 4. The van der Waals surface area contributed by atoms with Crippen molar-refractivity contribution in [3.8, 4) is 0 Å². The molecule has 0 aliphatic carbocycles. The number of hydrogen-bond donors (Lipinski definition) is 2. The van der Waals surface area contributed by atoms with Crippen LogP contribution in [0.15, 0.2) is 33.3 Å². The van der Waals surface area contributed by atoms with Crippen LogP contribution < -0.4 is 10.6 Å². The number of benzene rings is 1. The van der Waals surface area contributed by atoms with E-state index in [0.717, 1.165) is 32.6 Å². The lowest BCUT2D eigenvalue weighted by molar-refractivity contribution is 1.08. The maximum absolute atomic E-state index is 4.43. The molecule has 100 valence electrons. The zero-order chi connectivity index (χ0) is 13.8. The molecular weight excluding hydrogens is 372 g/mol. The molecule has 0 saturated heterocycles. The van der Waals surface area contributed by atoms with Gasteiger partial charge in [0, 0.05) is 22.9 Å². The number of anilines is 3. The summed E-state index contributed by atoms with van der Waals surface area (Å²) < 4.78 is 1.85. The van der Waals surface area contributed by atoms with Crippen molar-refractivity contribution in [2.24, 2.45) is 0 Å². The van der Waals surface area contributed by atoms with Gasteiger partial charge in [-0.05, 0) is 47.5 Å². The van der Waals surface area contributed by atoms with Crippen LogP contribution in [0.3, 0.4) is 0 Å². The minimum Gasteiger partial charge on any atom is -0.354 e. The first kappa shape index (κ1) is 14.3. The molecule has 19 heavy (non-hydrogen) atoms. The van der Waals surface area contributed by atoms with Crippen molar-refractivity contribution >= 4 is 49.3 Å². The molecule has 1 aromatic carbocycles. The molecule has 0 aliphatic rings. The lowest BCUT2D eigenvalue weighted by atomic mass is 10.2. The predicted molar refractivity (Wildman–Crippen MR) is 86.1 cm³/mol. The fourth-order valence-electron chi connectivity index (χ4n) is 1.55. The standard InChI is InChI=1S/C13H14Br2N4/c1-3-16-13-17-7-10(15)12(19-13)18-11-6-9(14)5-4-8(11)2/h4-7H,3H2,1-2H3,(H2,16,17,18,19). The average Bonchev–Trinajstić information content (AvgIpc) is 2.38. The minimum absolute atomic E-state index is 0.612. The third-order valence-electron chi connectivity index (χ3n) is 2.53. The first-order chi connectivity index (χ1) is 9.10. The molecule has 0 unspecified atom stereocenters. The molecule has 0 saturated carbocycles. The van der Waals surface area contributed by atoms with E-state index in [2.05, 4.69) is 59.4 Å². The Morgan fingerprint density at radius 3 is 2.79 bits per heavy atom. The van der Waals surface area contributed by atoms with E-state index in [0.29, 0.717) is 5.95 Å². The van der Waals surface area contributed by atoms with Crippen LogP contribution in [-0.4, -0.2) is 16.5 Å². The van der Waals surface area contributed by atoms with Crippen LogP contribution in [0.1, 0.15) is 12.5 Å². The highest BCUT2D eigenvalue weighted by Crippen LogP contribution is 2.27. The van der Waals surface area contributed by atoms with Crippen molar-refractivity contribution in [2.75, 3.05) is 17.2 Å². The van der Waals surface area contributed by atoms with Crippen molar-refractivity contribution < 1.29 is 0 Å². The summed E-state index contributed by atoms with van der Waals surface area (Å²) in [7, 11) is 0. The highest BCUT2D eigenvalue weighted by molar-refractivity contribution is 9.10. The van der Waals surface area contributed by atoms with Crippen molar-refractivity contribution in [2.45, 2.75) is 13.8 Å². The van der Waals surface area contributed by atoms with E-state index in [4.69, 9.17) is 0 Å². The first-order valence-electron chi connectivity index (χ1n) is 5.89. The molecule has 0 bridgehead atoms. The van der Waals surface area contributed by atoms with Crippen LogP contribution in [0.5, 0.6) is 0 Å². The minimum atomic E-state index is 0.612. The summed E-state index contributed by atoms with van der Waals surface area (Å²) in [6, 6.07) is 6.09. The maximum Gasteiger partial charge on any atom is 0.224 e. The molecule has 0 spiro atoms. The molecule has 2 aromatic rings. The zero-order valence-electron chi connectivity index (χ0n) is 10.7. The van der Waals surface area contributed by atoms with E-state index in [-0.39, 0.29) is 0 Å². The highest BCUT2D eigenvalue weighted by atomic mass is 79.9. The Morgan fingerprint density at radius 1 is 1.26 bits per heavy atom. The van der Waals surface area contributed by atoms with Gasteiger partial charge in [-0.1, -0.05) is 22.0 Å². The van der Waals surface area contributed by atoms with Crippen LogP contribution in [0.2, 0.25) is 0 Å². The largest absolute Gasteiger partial charge is 0.354 e. The fraction of sp³-hybridized carbons (Fsp3) is 0.231. The van der Waals surface area contributed by atoms with Crippen LogP contribution in [0.25, 0.3) is 0 Å². The lowest BCUT2D eigenvalue weighted by Crippen LogP contribution is -2.05. The van der Waals surface area contributed by atoms with E-state index in [1.165, 1.54) is 0 Å². The Bertz CT molecular complexity index is 587. The van der Waals surface area contributed by atoms with E-state index in [1.807, 2.05) is 25.1 Å². The predicted octanol–water partition coefficient (Wildman–Crippen LogP) is 4.49. The average molecular weight is 386 g/mol. The molecule has 1 aromatic heterocycles. The van der Waals surface area contributed by atoms with Gasteiger partial charge in [-0.25, -0.2) is 4.98 Å². The van der Waals surface area contributed by atoms with Gasteiger partial charge in [-0.2, -0.15) is 4.98 Å². The number of halogens is 2. The van der Waals surface area contributed by atoms with Gasteiger partial charge in [0.05, 0.1) is 4.47 Å². The van der Waals surface area contributed by atoms with Gasteiger partial charge in [0.1, 0.15) is 5.82 Å². The monoisotopic (exact) mass is 384 g/mol. The summed E-state index contributed by atoms with van der Waals surface area (Å²) in [5.41, 5.74) is 2.16. The molecule has 0 aliphatic heterocycles. The van der Waals surface area contributed by atoms with Crippen LogP contribution in [-0.2, 0) is 0 Å². The third-order valence-corrected chi connectivity index (χ3v) is 3.61. The SMILES string of the molecule is CCNc1ncc(Br)c(Nc2cc(Br)ccc2C)n1.